The highest BCUT2D eigenvalue weighted by atomic mass is 32.2. The van der Waals surface area contributed by atoms with Crippen LogP contribution in [0.15, 0.2) is 21.7 Å². The fraction of sp³-hybridized carbons (Fsp3) is 0.500. The zero-order valence-electron chi connectivity index (χ0n) is 11.6. The standard InChI is InChI=1S/C12H16N2O6S2/c15-10(7-13-22(18,19)12-2-1-5-21-12)14-3-4-20-8-9(14)6-11(16)17/h1-2,5,9,13H,3-4,6-8H2,(H,16,17). The number of carboxylic acids is 1. The van der Waals surface area contributed by atoms with Crippen molar-refractivity contribution >= 4 is 33.2 Å². The van der Waals surface area contributed by atoms with Gasteiger partial charge in [0.1, 0.15) is 4.21 Å². The van der Waals surface area contributed by atoms with Crippen LogP contribution in [0.2, 0.25) is 0 Å². The van der Waals surface area contributed by atoms with Gasteiger partial charge in [0.2, 0.25) is 5.91 Å². The van der Waals surface area contributed by atoms with Crippen LogP contribution in [0.4, 0.5) is 0 Å². The molecule has 22 heavy (non-hydrogen) atoms. The fourth-order valence-electron chi connectivity index (χ4n) is 2.10. The lowest BCUT2D eigenvalue weighted by atomic mass is 10.1. The Balaban J connectivity index is 1.97. The highest BCUT2D eigenvalue weighted by molar-refractivity contribution is 7.91. The zero-order chi connectivity index (χ0) is 16.2. The minimum atomic E-state index is -3.72. The third-order valence-electron chi connectivity index (χ3n) is 3.13. The number of hydrogen-bond acceptors (Lipinski definition) is 6. The molecule has 0 spiro atoms. The lowest BCUT2D eigenvalue weighted by Crippen LogP contribution is -2.52. The number of sulfonamides is 1. The van der Waals surface area contributed by atoms with Crippen molar-refractivity contribution in [3.05, 3.63) is 17.5 Å². The molecule has 0 bridgehead atoms. The van der Waals surface area contributed by atoms with Gasteiger partial charge in [-0.15, -0.1) is 11.3 Å². The molecule has 1 atom stereocenters. The molecule has 122 valence electrons. The Morgan fingerprint density at radius 3 is 2.91 bits per heavy atom. The van der Waals surface area contributed by atoms with Gasteiger partial charge in [0.25, 0.3) is 10.0 Å². The number of hydrogen-bond donors (Lipinski definition) is 2. The molecule has 2 rings (SSSR count). The molecule has 2 heterocycles. The Morgan fingerprint density at radius 2 is 2.27 bits per heavy atom. The number of nitrogens with zero attached hydrogens (tertiary/aromatic N) is 1. The summed E-state index contributed by atoms with van der Waals surface area (Å²) in [6.07, 6.45) is -0.233. The summed E-state index contributed by atoms with van der Waals surface area (Å²) < 4.78 is 31.4. The number of carboxylic acid groups (broad SMARTS) is 1. The molecule has 8 nitrogen and oxygen atoms in total. The number of rotatable bonds is 6. The normalized spacial score (nSPS) is 19.1. The Kier molecular flexibility index (Phi) is 5.51. The summed E-state index contributed by atoms with van der Waals surface area (Å²) in [4.78, 5) is 24.3. The number of amides is 1. The van der Waals surface area contributed by atoms with Crippen molar-refractivity contribution in [2.45, 2.75) is 16.7 Å². The summed E-state index contributed by atoms with van der Waals surface area (Å²) in [7, 11) is -3.72. The number of carbonyl (C=O) groups excluding carboxylic acids is 1. The molecule has 1 aromatic rings. The number of ether oxygens (including phenoxy) is 1. The topological polar surface area (TPSA) is 113 Å². The van der Waals surface area contributed by atoms with Gasteiger partial charge in [-0.1, -0.05) is 6.07 Å². The van der Waals surface area contributed by atoms with Crippen molar-refractivity contribution in [3.8, 4) is 0 Å². The van der Waals surface area contributed by atoms with Crippen molar-refractivity contribution in [2.75, 3.05) is 26.3 Å². The minimum absolute atomic E-state index is 0.129. The summed E-state index contributed by atoms with van der Waals surface area (Å²) >= 11 is 1.05. The summed E-state index contributed by atoms with van der Waals surface area (Å²) in [5, 5.41) is 10.5. The Hall–Kier alpha value is -1.49. The van der Waals surface area contributed by atoms with E-state index in [0.29, 0.717) is 6.61 Å². The Morgan fingerprint density at radius 1 is 1.50 bits per heavy atom. The molecule has 10 heteroatoms. The van der Waals surface area contributed by atoms with Gasteiger partial charge in [-0.25, -0.2) is 13.1 Å². The molecular weight excluding hydrogens is 332 g/mol. The minimum Gasteiger partial charge on any atom is -0.481 e. The first-order valence-corrected chi connectivity index (χ1v) is 8.88. The van der Waals surface area contributed by atoms with Gasteiger partial charge in [0.05, 0.1) is 32.2 Å². The van der Waals surface area contributed by atoms with Crippen molar-refractivity contribution in [1.82, 2.24) is 9.62 Å². The van der Waals surface area contributed by atoms with Crippen LogP contribution in [-0.2, 0) is 24.3 Å². The molecule has 1 aliphatic heterocycles. The van der Waals surface area contributed by atoms with Crippen molar-refractivity contribution in [2.24, 2.45) is 0 Å². The number of aliphatic carboxylic acids is 1. The molecule has 1 amide bonds. The van der Waals surface area contributed by atoms with Gasteiger partial charge in [0, 0.05) is 6.54 Å². The summed E-state index contributed by atoms with van der Waals surface area (Å²) in [5.41, 5.74) is 0. The van der Waals surface area contributed by atoms with E-state index in [9.17, 15) is 18.0 Å². The highest BCUT2D eigenvalue weighted by Gasteiger charge is 2.29. The molecule has 1 unspecified atom stereocenters. The zero-order valence-corrected chi connectivity index (χ0v) is 13.2. The number of carbonyl (C=O) groups is 2. The van der Waals surface area contributed by atoms with E-state index in [4.69, 9.17) is 9.84 Å². The molecule has 1 fully saturated rings. The van der Waals surface area contributed by atoms with Crippen LogP contribution >= 0.6 is 11.3 Å². The smallest absolute Gasteiger partial charge is 0.305 e. The van der Waals surface area contributed by atoms with Crippen LogP contribution in [-0.4, -0.2) is 62.6 Å². The van der Waals surface area contributed by atoms with Gasteiger partial charge in [-0.3, -0.25) is 9.59 Å². The monoisotopic (exact) mass is 348 g/mol. The van der Waals surface area contributed by atoms with Crippen molar-refractivity contribution in [1.29, 1.82) is 0 Å². The van der Waals surface area contributed by atoms with E-state index in [0.717, 1.165) is 11.3 Å². The second kappa shape index (κ2) is 7.18. The van der Waals surface area contributed by atoms with Crippen molar-refractivity contribution < 1.29 is 27.9 Å². The predicted octanol–water partition coefficient (Wildman–Crippen LogP) is -0.271. The van der Waals surface area contributed by atoms with E-state index < -0.39 is 34.5 Å². The molecule has 0 aromatic carbocycles. The van der Waals surface area contributed by atoms with E-state index in [1.54, 1.807) is 11.4 Å². The molecule has 2 N–H and O–H groups in total. The SMILES string of the molecule is O=C(O)CC1COCCN1C(=O)CNS(=O)(=O)c1cccs1. The van der Waals surface area contributed by atoms with Crippen molar-refractivity contribution in [3.63, 3.8) is 0 Å². The Bertz CT molecular complexity index is 628. The first-order valence-electron chi connectivity index (χ1n) is 6.52. The third-order valence-corrected chi connectivity index (χ3v) is 5.93. The highest BCUT2D eigenvalue weighted by Crippen LogP contribution is 2.15. The van der Waals surface area contributed by atoms with Crippen LogP contribution in [0.1, 0.15) is 6.42 Å². The van der Waals surface area contributed by atoms with Gasteiger partial charge in [0.15, 0.2) is 0 Å². The molecule has 0 aliphatic carbocycles. The van der Waals surface area contributed by atoms with E-state index >= 15 is 0 Å². The summed E-state index contributed by atoms with van der Waals surface area (Å²) in [6.45, 7) is 0.281. The van der Waals surface area contributed by atoms with E-state index in [2.05, 4.69) is 4.72 Å². The first kappa shape index (κ1) is 16.9. The first-order chi connectivity index (χ1) is 10.4. The molecule has 1 aromatic heterocycles. The van der Waals surface area contributed by atoms with Crippen LogP contribution in [0.5, 0.6) is 0 Å². The largest absolute Gasteiger partial charge is 0.481 e. The summed E-state index contributed by atoms with van der Waals surface area (Å²) in [5.74, 6) is -1.50. The number of morpholine rings is 1. The maximum absolute atomic E-state index is 12.2. The molecule has 0 radical (unpaired) electrons. The van der Waals surface area contributed by atoms with Gasteiger partial charge in [-0.2, -0.15) is 0 Å². The summed E-state index contributed by atoms with van der Waals surface area (Å²) in [6, 6.07) is 2.47. The maximum Gasteiger partial charge on any atom is 0.305 e. The van der Waals surface area contributed by atoms with Gasteiger partial charge in [-0.05, 0) is 11.4 Å². The molecule has 1 aliphatic rings. The molecular formula is C12H16N2O6S2. The Labute approximate surface area is 131 Å². The average molecular weight is 348 g/mol. The fourth-order valence-corrected chi connectivity index (χ4v) is 4.11. The van der Waals surface area contributed by atoms with Gasteiger partial charge >= 0.3 is 5.97 Å². The second-order valence-corrected chi connectivity index (χ2v) is 7.61. The number of thiophene rings is 1. The van der Waals surface area contributed by atoms with Crippen LogP contribution in [0.3, 0.4) is 0 Å². The predicted molar refractivity (Wildman–Crippen MR) is 78.1 cm³/mol. The molecule has 0 saturated carbocycles. The van der Waals surface area contributed by atoms with Crippen LogP contribution in [0.25, 0.3) is 0 Å². The van der Waals surface area contributed by atoms with E-state index in [1.165, 1.54) is 11.0 Å². The average Bonchev–Trinajstić information content (AvgIpc) is 3.00. The third kappa shape index (κ3) is 4.26. The second-order valence-electron chi connectivity index (χ2n) is 4.67. The van der Waals surface area contributed by atoms with E-state index in [1.807, 2.05) is 0 Å². The maximum atomic E-state index is 12.2. The van der Waals surface area contributed by atoms with Crippen LogP contribution in [0, 0.1) is 0 Å². The lowest BCUT2D eigenvalue weighted by Gasteiger charge is -2.34. The number of nitrogens with one attached hydrogen (secondary N) is 1. The molecule has 1 saturated heterocycles. The van der Waals surface area contributed by atoms with Crippen LogP contribution < -0.4 is 4.72 Å². The quantitative estimate of drug-likeness (QED) is 0.732. The van der Waals surface area contributed by atoms with E-state index in [-0.39, 0.29) is 23.8 Å². The van der Waals surface area contributed by atoms with Gasteiger partial charge < -0.3 is 14.7 Å². The lowest BCUT2D eigenvalue weighted by molar-refractivity contribution is -0.145.